The smallest absolute Gasteiger partial charge is 0.328 e. The maximum atomic E-state index is 12.6. The van der Waals surface area contributed by atoms with Crippen molar-refractivity contribution in [3.8, 4) is 0 Å². The second-order valence-corrected chi connectivity index (χ2v) is 4.65. The van der Waals surface area contributed by atoms with Crippen molar-refractivity contribution < 1.29 is 19.5 Å². The molecule has 4 nitrogen and oxygen atoms in total. The number of fused-ring (bicyclic) bond motifs is 2. The van der Waals surface area contributed by atoms with E-state index < -0.39 is 5.97 Å². The van der Waals surface area contributed by atoms with Crippen molar-refractivity contribution >= 4 is 23.6 Å². The van der Waals surface area contributed by atoms with Gasteiger partial charge < -0.3 is 5.11 Å². The summed E-state index contributed by atoms with van der Waals surface area (Å²) in [6.45, 7) is 0. The molecule has 0 atom stereocenters. The monoisotopic (exact) mass is 278 g/mol. The number of carbonyl (C=O) groups excluding carboxylic acids is 2. The third-order valence-electron chi connectivity index (χ3n) is 3.39. The highest BCUT2D eigenvalue weighted by Crippen LogP contribution is 2.29. The topological polar surface area (TPSA) is 71.4 Å². The lowest BCUT2D eigenvalue weighted by Crippen LogP contribution is -2.21. The minimum Gasteiger partial charge on any atom is -0.478 e. The molecule has 3 rings (SSSR count). The summed E-state index contributed by atoms with van der Waals surface area (Å²) in [7, 11) is 0. The maximum Gasteiger partial charge on any atom is 0.328 e. The van der Waals surface area contributed by atoms with Gasteiger partial charge in [-0.05, 0) is 11.6 Å². The van der Waals surface area contributed by atoms with Crippen LogP contribution in [0.2, 0.25) is 0 Å². The van der Waals surface area contributed by atoms with Gasteiger partial charge in [-0.3, -0.25) is 9.59 Å². The molecular formula is C17H10O4. The largest absolute Gasteiger partial charge is 0.478 e. The first-order chi connectivity index (χ1) is 10.1. The third-order valence-corrected chi connectivity index (χ3v) is 3.39. The predicted molar refractivity (Wildman–Crippen MR) is 76.4 cm³/mol. The van der Waals surface area contributed by atoms with Crippen LogP contribution in [0.15, 0.2) is 48.5 Å². The molecule has 0 saturated heterocycles. The first-order valence-corrected chi connectivity index (χ1v) is 6.32. The highest BCUT2D eigenvalue weighted by atomic mass is 16.4. The molecule has 0 unspecified atom stereocenters. The van der Waals surface area contributed by atoms with E-state index >= 15 is 0 Å². The van der Waals surface area contributed by atoms with Crippen LogP contribution in [0, 0.1) is 0 Å². The number of carboxylic acids is 1. The molecule has 0 radical (unpaired) electrons. The fourth-order valence-corrected chi connectivity index (χ4v) is 2.47. The molecule has 0 bridgehead atoms. The van der Waals surface area contributed by atoms with Gasteiger partial charge in [0.15, 0.2) is 11.6 Å². The van der Waals surface area contributed by atoms with Gasteiger partial charge in [0, 0.05) is 28.3 Å². The molecule has 1 N–H and O–H groups in total. The molecule has 0 aromatic heterocycles. The summed E-state index contributed by atoms with van der Waals surface area (Å²) in [5, 5.41) is 8.72. The van der Waals surface area contributed by atoms with Gasteiger partial charge in [0.25, 0.3) is 0 Å². The molecule has 0 spiro atoms. The Morgan fingerprint density at radius 3 is 2.14 bits per heavy atom. The molecular weight excluding hydrogens is 268 g/mol. The second-order valence-electron chi connectivity index (χ2n) is 4.65. The Morgan fingerprint density at radius 2 is 1.48 bits per heavy atom. The standard InChI is InChI=1S/C17H10O4/c18-14(19)9-8-10-4-3-7-13-15(10)17(21)12-6-2-1-5-11(12)16(13)20/h1-9H,(H,18,19). The van der Waals surface area contributed by atoms with Crippen LogP contribution in [-0.2, 0) is 4.79 Å². The Hall–Kier alpha value is -3.01. The minimum absolute atomic E-state index is 0.217. The van der Waals surface area contributed by atoms with E-state index in [0.717, 1.165) is 6.08 Å². The molecule has 4 heteroatoms. The summed E-state index contributed by atoms with van der Waals surface area (Å²) in [6.07, 6.45) is 2.29. The van der Waals surface area contributed by atoms with Crippen LogP contribution in [0.25, 0.3) is 6.08 Å². The van der Waals surface area contributed by atoms with Crippen molar-refractivity contribution in [2.75, 3.05) is 0 Å². The fraction of sp³-hybridized carbons (Fsp3) is 0. The number of hydrogen-bond donors (Lipinski definition) is 1. The Balaban J connectivity index is 2.23. The van der Waals surface area contributed by atoms with E-state index in [4.69, 9.17) is 5.11 Å². The number of aliphatic carboxylic acids is 1. The van der Waals surface area contributed by atoms with Crippen molar-refractivity contribution in [1.82, 2.24) is 0 Å². The second kappa shape index (κ2) is 4.83. The van der Waals surface area contributed by atoms with Gasteiger partial charge in [-0.15, -0.1) is 0 Å². The first-order valence-electron chi connectivity index (χ1n) is 6.32. The zero-order valence-electron chi connectivity index (χ0n) is 10.9. The number of carboxylic acid groups (broad SMARTS) is 1. The molecule has 102 valence electrons. The third kappa shape index (κ3) is 2.07. The van der Waals surface area contributed by atoms with Crippen LogP contribution in [-0.4, -0.2) is 22.6 Å². The average molecular weight is 278 g/mol. The van der Waals surface area contributed by atoms with Gasteiger partial charge in [-0.2, -0.15) is 0 Å². The summed E-state index contributed by atoms with van der Waals surface area (Å²) in [6, 6.07) is 11.5. The van der Waals surface area contributed by atoms with Gasteiger partial charge in [0.2, 0.25) is 0 Å². The molecule has 21 heavy (non-hydrogen) atoms. The van der Waals surface area contributed by atoms with Crippen molar-refractivity contribution in [2.24, 2.45) is 0 Å². The predicted octanol–water partition coefficient (Wildman–Crippen LogP) is 2.56. The number of ketones is 2. The van der Waals surface area contributed by atoms with E-state index in [9.17, 15) is 14.4 Å². The van der Waals surface area contributed by atoms with E-state index in [1.54, 1.807) is 42.5 Å². The molecule has 2 aromatic carbocycles. The van der Waals surface area contributed by atoms with Crippen molar-refractivity contribution in [3.05, 3.63) is 76.4 Å². The zero-order chi connectivity index (χ0) is 15.0. The van der Waals surface area contributed by atoms with Crippen LogP contribution in [0.4, 0.5) is 0 Å². The lowest BCUT2D eigenvalue weighted by Gasteiger charge is -2.18. The number of carbonyl (C=O) groups is 3. The summed E-state index contributed by atoms with van der Waals surface area (Å²) >= 11 is 0. The Morgan fingerprint density at radius 1 is 0.857 bits per heavy atom. The van der Waals surface area contributed by atoms with Gasteiger partial charge >= 0.3 is 5.97 Å². The summed E-state index contributed by atoms with van der Waals surface area (Å²) in [4.78, 5) is 35.7. The quantitative estimate of drug-likeness (QED) is 0.731. The van der Waals surface area contributed by atoms with E-state index in [-0.39, 0.29) is 17.1 Å². The lowest BCUT2D eigenvalue weighted by molar-refractivity contribution is -0.131. The molecule has 0 aliphatic heterocycles. The van der Waals surface area contributed by atoms with Gasteiger partial charge in [-0.25, -0.2) is 4.79 Å². The molecule has 0 heterocycles. The summed E-state index contributed by atoms with van der Waals surface area (Å²) in [5.41, 5.74) is 1.74. The van der Waals surface area contributed by atoms with E-state index in [0.29, 0.717) is 22.3 Å². The van der Waals surface area contributed by atoms with Crippen molar-refractivity contribution in [1.29, 1.82) is 0 Å². The normalized spacial score (nSPS) is 13.1. The number of hydrogen-bond acceptors (Lipinski definition) is 3. The van der Waals surface area contributed by atoms with E-state index in [1.165, 1.54) is 6.08 Å². The van der Waals surface area contributed by atoms with Crippen LogP contribution < -0.4 is 0 Å². The lowest BCUT2D eigenvalue weighted by atomic mass is 9.82. The Labute approximate surface area is 120 Å². The molecule has 1 aliphatic rings. The van der Waals surface area contributed by atoms with Crippen molar-refractivity contribution in [2.45, 2.75) is 0 Å². The van der Waals surface area contributed by atoms with E-state index in [1.807, 2.05) is 0 Å². The first kappa shape index (κ1) is 13.0. The molecule has 1 aliphatic carbocycles. The molecule has 2 aromatic rings. The zero-order valence-corrected chi connectivity index (χ0v) is 10.9. The molecule has 0 saturated carbocycles. The summed E-state index contributed by atoms with van der Waals surface area (Å²) in [5.74, 6) is -1.58. The van der Waals surface area contributed by atoms with Crippen molar-refractivity contribution in [3.63, 3.8) is 0 Å². The average Bonchev–Trinajstić information content (AvgIpc) is 2.50. The van der Waals surface area contributed by atoms with Crippen LogP contribution in [0.5, 0.6) is 0 Å². The minimum atomic E-state index is -1.11. The van der Waals surface area contributed by atoms with Gasteiger partial charge in [0.05, 0.1) is 0 Å². The van der Waals surface area contributed by atoms with Gasteiger partial charge in [0.1, 0.15) is 0 Å². The fourth-order valence-electron chi connectivity index (χ4n) is 2.47. The molecule has 0 fully saturated rings. The van der Waals surface area contributed by atoms with Gasteiger partial charge in [-0.1, -0.05) is 42.5 Å². The molecule has 0 amide bonds. The maximum absolute atomic E-state index is 12.6. The SMILES string of the molecule is O=C(O)C=Cc1cccc2c1C(=O)c1ccccc1C2=O. The van der Waals surface area contributed by atoms with E-state index in [2.05, 4.69) is 0 Å². The Bertz CT molecular complexity index is 815. The van der Waals surface area contributed by atoms with Crippen LogP contribution >= 0.6 is 0 Å². The Kier molecular flexibility index (Phi) is 2.99. The number of rotatable bonds is 2. The summed E-state index contributed by atoms with van der Waals surface area (Å²) < 4.78 is 0. The highest BCUT2D eigenvalue weighted by Gasteiger charge is 2.30. The highest BCUT2D eigenvalue weighted by molar-refractivity contribution is 6.29. The van der Waals surface area contributed by atoms with Crippen LogP contribution in [0.1, 0.15) is 37.4 Å². The van der Waals surface area contributed by atoms with Crippen LogP contribution in [0.3, 0.4) is 0 Å². The number of benzene rings is 2.